The number of hydrogen-bond donors (Lipinski definition) is 2. The topological polar surface area (TPSA) is 83.5 Å². The second-order valence-corrected chi connectivity index (χ2v) is 7.68. The molecule has 0 aliphatic rings. The highest BCUT2D eigenvalue weighted by Crippen LogP contribution is 2.29. The standard InChI is InChI=1S/C18H18F3NO4S/c19-18(20,21)15-6-8-16(9-7-15)27(25,26)22-10-2-5-13-3-1-4-14(11-13)12-17(23)24/h1,3-4,6-9,11,22H,2,5,10,12H2,(H,23,24). The van der Waals surface area contributed by atoms with Gasteiger partial charge in [0.2, 0.25) is 10.0 Å². The van der Waals surface area contributed by atoms with Crippen LogP contribution in [-0.2, 0) is 33.8 Å². The molecule has 2 aromatic rings. The highest BCUT2D eigenvalue weighted by atomic mass is 32.2. The summed E-state index contributed by atoms with van der Waals surface area (Å²) in [6, 6.07) is 10.3. The molecule has 0 amide bonds. The molecule has 0 heterocycles. The average molecular weight is 401 g/mol. The smallest absolute Gasteiger partial charge is 0.416 e. The fourth-order valence-electron chi connectivity index (χ4n) is 2.48. The fourth-order valence-corrected chi connectivity index (χ4v) is 3.55. The van der Waals surface area contributed by atoms with E-state index < -0.39 is 27.7 Å². The van der Waals surface area contributed by atoms with Gasteiger partial charge in [-0.1, -0.05) is 24.3 Å². The summed E-state index contributed by atoms with van der Waals surface area (Å²) in [5.41, 5.74) is 0.621. The van der Waals surface area contributed by atoms with Crippen molar-refractivity contribution >= 4 is 16.0 Å². The van der Waals surface area contributed by atoms with E-state index in [2.05, 4.69) is 4.72 Å². The van der Waals surface area contributed by atoms with Gasteiger partial charge in [-0.05, 0) is 48.2 Å². The van der Waals surface area contributed by atoms with Gasteiger partial charge < -0.3 is 5.11 Å². The number of rotatable bonds is 8. The summed E-state index contributed by atoms with van der Waals surface area (Å²) < 4.78 is 64.2. The summed E-state index contributed by atoms with van der Waals surface area (Å²) in [6.45, 7) is 0.104. The second-order valence-electron chi connectivity index (χ2n) is 5.91. The van der Waals surface area contributed by atoms with Crippen LogP contribution in [0.1, 0.15) is 23.1 Å². The Morgan fingerprint density at radius 2 is 1.67 bits per heavy atom. The number of halogens is 3. The van der Waals surface area contributed by atoms with Crippen LogP contribution >= 0.6 is 0 Å². The normalized spacial score (nSPS) is 12.1. The minimum atomic E-state index is -4.52. The van der Waals surface area contributed by atoms with Gasteiger partial charge in [0, 0.05) is 6.54 Å². The van der Waals surface area contributed by atoms with Gasteiger partial charge >= 0.3 is 12.1 Å². The van der Waals surface area contributed by atoms with Crippen molar-refractivity contribution in [1.29, 1.82) is 0 Å². The molecule has 5 nitrogen and oxygen atoms in total. The lowest BCUT2D eigenvalue weighted by Gasteiger charge is -2.09. The molecular formula is C18H18F3NO4S. The molecular weight excluding hydrogens is 383 g/mol. The number of carboxylic acids is 1. The van der Waals surface area contributed by atoms with Gasteiger partial charge in [0.1, 0.15) is 0 Å². The Morgan fingerprint density at radius 3 is 2.26 bits per heavy atom. The minimum absolute atomic E-state index is 0.0889. The van der Waals surface area contributed by atoms with Gasteiger partial charge in [-0.3, -0.25) is 4.79 Å². The maximum atomic E-state index is 12.5. The van der Waals surface area contributed by atoms with Crippen molar-refractivity contribution in [3.8, 4) is 0 Å². The zero-order chi connectivity index (χ0) is 20.1. The number of aryl methyl sites for hydroxylation is 1. The predicted octanol–water partition coefficient (Wildman–Crippen LogP) is 3.24. The second kappa shape index (κ2) is 8.53. The fraction of sp³-hybridized carbons (Fsp3) is 0.278. The number of alkyl halides is 3. The summed E-state index contributed by atoms with van der Waals surface area (Å²) in [5, 5.41) is 8.79. The van der Waals surface area contributed by atoms with Crippen LogP contribution in [0.15, 0.2) is 53.4 Å². The van der Waals surface area contributed by atoms with Gasteiger partial charge in [0.25, 0.3) is 0 Å². The molecule has 146 valence electrons. The Morgan fingerprint density at radius 1 is 1.04 bits per heavy atom. The summed E-state index contributed by atoms with van der Waals surface area (Å²) >= 11 is 0. The molecule has 0 aromatic heterocycles. The monoisotopic (exact) mass is 401 g/mol. The van der Waals surface area contributed by atoms with Crippen molar-refractivity contribution < 1.29 is 31.5 Å². The SMILES string of the molecule is O=C(O)Cc1cccc(CCCNS(=O)(=O)c2ccc(C(F)(F)F)cc2)c1. The summed E-state index contributed by atoms with van der Waals surface area (Å²) in [7, 11) is -3.90. The number of carboxylic acid groups (broad SMARTS) is 1. The molecule has 0 saturated carbocycles. The lowest BCUT2D eigenvalue weighted by atomic mass is 10.0. The first-order valence-corrected chi connectivity index (χ1v) is 9.53. The minimum Gasteiger partial charge on any atom is -0.481 e. The molecule has 0 atom stereocenters. The zero-order valence-electron chi connectivity index (χ0n) is 14.2. The van der Waals surface area contributed by atoms with Gasteiger partial charge in [-0.2, -0.15) is 13.2 Å². The van der Waals surface area contributed by atoms with Crippen LogP contribution in [0.2, 0.25) is 0 Å². The molecule has 0 fully saturated rings. The van der Waals surface area contributed by atoms with Crippen LogP contribution in [-0.4, -0.2) is 26.0 Å². The van der Waals surface area contributed by atoms with Crippen molar-refractivity contribution in [2.75, 3.05) is 6.54 Å². The van der Waals surface area contributed by atoms with Crippen LogP contribution < -0.4 is 4.72 Å². The Kier molecular flexibility index (Phi) is 6.61. The van der Waals surface area contributed by atoms with E-state index in [4.69, 9.17) is 5.11 Å². The number of hydrogen-bond acceptors (Lipinski definition) is 3. The molecule has 0 aliphatic carbocycles. The van der Waals surface area contributed by atoms with Crippen molar-refractivity contribution in [3.05, 3.63) is 65.2 Å². The van der Waals surface area contributed by atoms with Gasteiger partial charge in [-0.25, -0.2) is 13.1 Å². The number of sulfonamides is 1. The van der Waals surface area contributed by atoms with Crippen LogP contribution in [0.5, 0.6) is 0 Å². The number of benzene rings is 2. The van der Waals surface area contributed by atoms with Crippen LogP contribution in [0.4, 0.5) is 13.2 Å². The third kappa shape index (κ3) is 6.37. The highest BCUT2D eigenvalue weighted by molar-refractivity contribution is 7.89. The Labute approximate surface area is 154 Å². The van der Waals surface area contributed by atoms with E-state index in [9.17, 15) is 26.4 Å². The Bertz CT molecular complexity index is 894. The first-order valence-electron chi connectivity index (χ1n) is 8.04. The molecule has 0 bridgehead atoms. The molecule has 2 N–H and O–H groups in total. The number of carbonyl (C=O) groups is 1. The zero-order valence-corrected chi connectivity index (χ0v) is 15.0. The van der Waals surface area contributed by atoms with E-state index in [0.717, 1.165) is 29.8 Å². The lowest BCUT2D eigenvalue weighted by Crippen LogP contribution is -2.25. The highest BCUT2D eigenvalue weighted by Gasteiger charge is 2.30. The molecule has 0 saturated heterocycles. The molecule has 0 radical (unpaired) electrons. The molecule has 27 heavy (non-hydrogen) atoms. The Hall–Kier alpha value is -2.39. The number of nitrogens with one attached hydrogen (secondary N) is 1. The maximum absolute atomic E-state index is 12.5. The van der Waals surface area contributed by atoms with E-state index in [1.54, 1.807) is 18.2 Å². The molecule has 0 unspecified atom stereocenters. The van der Waals surface area contributed by atoms with Crippen LogP contribution in [0.3, 0.4) is 0 Å². The predicted molar refractivity (Wildman–Crippen MR) is 92.7 cm³/mol. The third-order valence-electron chi connectivity index (χ3n) is 3.77. The van der Waals surface area contributed by atoms with Gasteiger partial charge in [0.05, 0.1) is 16.9 Å². The van der Waals surface area contributed by atoms with Crippen molar-refractivity contribution in [1.82, 2.24) is 4.72 Å². The van der Waals surface area contributed by atoms with E-state index in [0.29, 0.717) is 18.4 Å². The summed E-state index contributed by atoms with van der Waals surface area (Å²) in [6.07, 6.45) is -3.63. The molecule has 2 aromatic carbocycles. The quantitative estimate of drug-likeness (QED) is 0.665. The Balaban J connectivity index is 1.90. The molecule has 0 spiro atoms. The van der Waals surface area contributed by atoms with E-state index in [1.165, 1.54) is 0 Å². The van der Waals surface area contributed by atoms with E-state index in [-0.39, 0.29) is 17.9 Å². The number of aliphatic carboxylic acids is 1. The van der Waals surface area contributed by atoms with Crippen LogP contribution in [0, 0.1) is 0 Å². The first-order chi connectivity index (χ1) is 12.6. The van der Waals surface area contributed by atoms with E-state index >= 15 is 0 Å². The van der Waals surface area contributed by atoms with Crippen LogP contribution in [0.25, 0.3) is 0 Å². The van der Waals surface area contributed by atoms with Gasteiger partial charge in [-0.15, -0.1) is 0 Å². The maximum Gasteiger partial charge on any atom is 0.416 e. The van der Waals surface area contributed by atoms with Crippen molar-refractivity contribution in [2.45, 2.75) is 30.3 Å². The van der Waals surface area contributed by atoms with Crippen molar-refractivity contribution in [3.63, 3.8) is 0 Å². The first kappa shape index (κ1) is 20.9. The van der Waals surface area contributed by atoms with Crippen molar-refractivity contribution in [2.24, 2.45) is 0 Å². The molecule has 2 rings (SSSR count). The average Bonchev–Trinajstić information content (AvgIpc) is 2.58. The van der Waals surface area contributed by atoms with Gasteiger partial charge in [0.15, 0.2) is 0 Å². The largest absolute Gasteiger partial charge is 0.481 e. The lowest BCUT2D eigenvalue weighted by molar-refractivity contribution is -0.138. The molecule has 9 heteroatoms. The molecule has 0 aliphatic heterocycles. The third-order valence-corrected chi connectivity index (χ3v) is 5.25. The van der Waals surface area contributed by atoms with E-state index in [1.807, 2.05) is 6.07 Å². The summed E-state index contributed by atoms with van der Waals surface area (Å²) in [5.74, 6) is -0.934. The summed E-state index contributed by atoms with van der Waals surface area (Å²) in [4.78, 5) is 10.5.